The maximum Gasteiger partial charge on any atom is 0.123 e. The Balaban J connectivity index is 0.000000980. The Hall–Kier alpha value is -0.640. The van der Waals surface area contributed by atoms with Gasteiger partial charge >= 0.3 is 0 Å². The highest BCUT2D eigenvalue weighted by molar-refractivity contribution is 5.85. The van der Waals surface area contributed by atoms with Gasteiger partial charge in [-0.15, -0.1) is 12.4 Å². The molecule has 1 unspecified atom stereocenters. The number of rotatable bonds is 1. The number of hydrogen-bond acceptors (Lipinski definition) is 2. The zero-order valence-electron chi connectivity index (χ0n) is 7.66. The number of nitrogens with one attached hydrogen (secondary N) is 1. The molecule has 1 aliphatic rings. The molecule has 0 aliphatic carbocycles. The summed E-state index contributed by atoms with van der Waals surface area (Å²) < 4.78 is 12.6. The monoisotopic (exact) mass is 217 g/mol. The fraction of sp³-hybridized carbons (Fsp3) is 0.400. The highest BCUT2D eigenvalue weighted by Gasteiger charge is 2.32. The van der Waals surface area contributed by atoms with Gasteiger partial charge in [-0.1, -0.05) is 12.1 Å². The summed E-state index contributed by atoms with van der Waals surface area (Å²) >= 11 is 0. The van der Waals surface area contributed by atoms with Crippen molar-refractivity contribution in [2.24, 2.45) is 0 Å². The second-order valence-corrected chi connectivity index (χ2v) is 3.47. The van der Waals surface area contributed by atoms with Crippen LogP contribution in [0.2, 0.25) is 0 Å². The van der Waals surface area contributed by atoms with Gasteiger partial charge < -0.3 is 10.4 Å². The molecule has 4 heteroatoms. The minimum Gasteiger partial charge on any atom is -0.384 e. The van der Waals surface area contributed by atoms with Crippen LogP contribution < -0.4 is 5.32 Å². The zero-order valence-corrected chi connectivity index (χ0v) is 8.48. The number of benzene rings is 1. The Morgan fingerprint density at radius 2 is 1.93 bits per heavy atom. The summed E-state index contributed by atoms with van der Waals surface area (Å²) in [4.78, 5) is 0. The molecule has 2 rings (SSSR count). The smallest absolute Gasteiger partial charge is 0.123 e. The average Bonchev–Trinajstić information content (AvgIpc) is 2.54. The van der Waals surface area contributed by atoms with Crippen LogP contribution in [0.25, 0.3) is 0 Å². The standard InChI is InChI=1S/C10H12FNO.ClH/c11-9-3-1-8(2-4-9)10(13)5-6-12-7-10;/h1-4,12-13H,5-7H2;1H. The summed E-state index contributed by atoms with van der Waals surface area (Å²) in [6.07, 6.45) is 0.693. The van der Waals surface area contributed by atoms with Crippen LogP contribution in [0.15, 0.2) is 24.3 Å². The third-order valence-corrected chi connectivity index (χ3v) is 2.51. The van der Waals surface area contributed by atoms with E-state index < -0.39 is 5.60 Å². The van der Waals surface area contributed by atoms with Crippen LogP contribution >= 0.6 is 12.4 Å². The summed E-state index contributed by atoms with van der Waals surface area (Å²) in [5.74, 6) is -0.265. The molecule has 1 aromatic rings. The van der Waals surface area contributed by atoms with Crippen molar-refractivity contribution in [2.75, 3.05) is 13.1 Å². The van der Waals surface area contributed by atoms with E-state index >= 15 is 0 Å². The van der Waals surface area contributed by atoms with Crippen molar-refractivity contribution in [1.29, 1.82) is 0 Å². The van der Waals surface area contributed by atoms with Gasteiger partial charge in [0.05, 0.1) is 0 Å². The topological polar surface area (TPSA) is 32.3 Å². The molecule has 1 atom stereocenters. The first-order valence-corrected chi connectivity index (χ1v) is 4.40. The van der Waals surface area contributed by atoms with E-state index in [0.29, 0.717) is 13.0 Å². The van der Waals surface area contributed by atoms with Crippen molar-refractivity contribution < 1.29 is 9.50 Å². The molecule has 0 aromatic heterocycles. The van der Waals surface area contributed by atoms with Gasteiger partial charge in [-0.3, -0.25) is 0 Å². The van der Waals surface area contributed by atoms with Crippen LogP contribution in [0.1, 0.15) is 12.0 Å². The molecule has 1 saturated heterocycles. The first kappa shape index (κ1) is 11.4. The number of aliphatic hydroxyl groups is 1. The van der Waals surface area contributed by atoms with Gasteiger partial charge in [0, 0.05) is 6.54 Å². The number of halogens is 2. The summed E-state index contributed by atoms with van der Waals surface area (Å²) in [5.41, 5.74) is -0.00727. The van der Waals surface area contributed by atoms with E-state index in [-0.39, 0.29) is 18.2 Å². The lowest BCUT2D eigenvalue weighted by molar-refractivity contribution is 0.0587. The van der Waals surface area contributed by atoms with Crippen LogP contribution in [-0.2, 0) is 5.60 Å². The molecule has 1 aliphatic heterocycles. The molecular formula is C10H13ClFNO. The predicted octanol–water partition coefficient (Wildman–Crippen LogP) is 1.43. The van der Waals surface area contributed by atoms with Gasteiger partial charge in [-0.25, -0.2) is 4.39 Å². The Morgan fingerprint density at radius 1 is 1.29 bits per heavy atom. The second kappa shape index (κ2) is 4.26. The van der Waals surface area contributed by atoms with Crippen molar-refractivity contribution in [3.05, 3.63) is 35.6 Å². The SMILES string of the molecule is Cl.OC1(c2ccc(F)cc2)CCNC1. The largest absolute Gasteiger partial charge is 0.384 e. The molecule has 78 valence electrons. The second-order valence-electron chi connectivity index (χ2n) is 3.47. The maximum atomic E-state index is 12.6. The number of β-amino-alcohol motifs (C(OH)–C–C–N with tert-alkyl or cyclic N) is 1. The number of hydrogen-bond donors (Lipinski definition) is 2. The fourth-order valence-electron chi connectivity index (χ4n) is 1.69. The lowest BCUT2D eigenvalue weighted by Gasteiger charge is -2.21. The van der Waals surface area contributed by atoms with Crippen molar-refractivity contribution in [3.63, 3.8) is 0 Å². The molecule has 1 aromatic carbocycles. The predicted molar refractivity (Wildman–Crippen MR) is 55.0 cm³/mol. The van der Waals surface area contributed by atoms with Gasteiger partial charge in [0.15, 0.2) is 0 Å². The Kier molecular flexibility index (Phi) is 3.48. The molecule has 0 saturated carbocycles. The zero-order chi connectivity index (χ0) is 9.31. The average molecular weight is 218 g/mol. The van der Waals surface area contributed by atoms with E-state index in [4.69, 9.17) is 0 Å². The van der Waals surface area contributed by atoms with Crippen LogP contribution in [0.4, 0.5) is 4.39 Å². The Labute approximate surface area is 88.5 Å². The van der Waals surface area contributed by atoms with Crippen molar-refractivity contribution in [2.45, 2.75) is 12.0 Å². The van der Waals surface area contributed by atoms with Gasteiger partial charge in [0.25, 0.3) is 0 Å². The van der Waals surface area contributed by atoms with Crippen molar-refractivity contribution in [1.82, 2.24) is 5.32 Å². The summed E-state index contributed by atoms with van der Waals surface area (Å²) in [6, 6.07) is 6.04. The molecule has 1 fully saturated rings. The van der Waals surface area contributed by atoms with Crippen LogP contribution in [0.5, 0.6) is 0 Å². The molecule has 0 radical (unpaired) electrons. The van der Waals surface area contributed by atoms with Gasteiger partial charge in [0.1, 0.15) is 11.4 Å². The van der Waals surface area contributed by atoms with E-state index in [9.17, 15) is 9.50 Å². The normalized spacial score (nSPS) is 25.9. The molecule has 0 spiro atoms. The highest BCUT2D eigenvalue weighted by atomic mass is 35.5. The first-order valence-electron chi connectivity index (χ1n) is 4.40. The molecule has 2 nitrogen and oxygen atoms in total. The van der Waals surface area contributed by atoms with E-state index in [1.165, 1.54) is 12.1 Å². The van der Waals surface area contributed by atoms with E-state index in [0.717, 1.165) is 12.1 Å². The van der Waals surface area contributed by atoms with Crippen LogP contribution in [0.3, 0.4) is 0 Å². The third-order valence-electron chi connectivity index (χ3n) is 2.51. The van der Waals surface area contributed by atoms with Gasteiger partial charge in [-0.2, -0.15) is 0 Å². The lowest BCUT2D eigenvalue weighted by Crippen LogP contribution is -2.28. The summed E-state index contributed by atoms with van der Waals surface area (Å²) in [7, 11) is 0. The minimum absolute atomic E-state index is 0. The van der Waals surface area contributed by atoms with Gasteiger partial charge in [0.2, 0.25) is 0 Å². The molecule has 14 heavy (non-hydrogen) atoms. The van der Waals surface area contributed by atoms with Crippen molar-refractivity contribution >= 4 is 12.4 Å². The minimum atomic E-state index is -0.798. The molecule has 2 N–H and O–H groups in total. The van der Waals surface area contributed by atoms with Crippen LogP contribution in [-0.4, -0.2) is 18.2 Å². The van der Waals surface area contributed by atoms with Crippen molar-refractivity contribution in [3.8, 4) is 0 Å². The van der Waals surface area contributed by atoms with E-state index in [2.05, 4.69) is 5.32 Å². The lowest BCUT2D eigenvalue weighted by atomic mass is 9.93. The summed E-state index contributed by atoms with van der Waals surface area (Å²) in [5, 5.41) is 13.2. The molecular weight excluding hydrogens is 205 g/mol. The maximum absolute atomic E-state index is 12.6. The molecule has 0 amide bonds. The summed E-state index contributed by atoms with van der Waals surface area (Å²) in [6.45, 7) is 1.37. The molecule has 1 heterocycles. The highest BCUT2D eigenvalue weighted by Crippen LogP contribution is 2.27. The Bertz CT molecular complexity index is 295. The van der Waals surface area contributed by atoms with Gasteiger partial charge in [-0.05, 0) is 30.7 Å². The third kappa shape index (κ3) is 2.05. The Morgan fingerprint density at radius 3 is 2.43 bits per heavy atom. The van der Waals surface area contributed by atoms with E-state index in [1.807, 2.05) is 0 Å². The molecule has 0 bridgehead atoms. The van der Waals surface area contributed by atoms with E-state index in [1.54, 1.807) is 12.1 Å². The van der Waals surface area contributed by atoms with Crippen LogP contribution in [0, 0.1) is 5.82 Å². The fourth-order valence-corrected chi connectivity index (χ4v) is 1.69. The first-order chi connectivity index (χ1) is 6.21. The quantitative estimate of drug-likeness (QED) is 0.746.